The molecule has 0 saturated heterocycles. The van der Waals surface area contributed by atoms with Crippen molar-refractivity contribution < 1.29 is 5.11 Å². The third kappa shape index (κ3) is 3.14. The molecule has 0 saturated carbocycles. The molecule has 2 aromatic carbocycles. The Morgan fingerprint density at radius 2 is 2.00 bits per heavy atom. The summed E-state index contributed by atoms with van der Waals surface area (Å²) in [5.41, 5.74) is 3.34. The minimum Gasteiger partial charge on any atom is -0.506 e. The fourth-order valence-electron chi connectivity index (χ4n) is 1.62. The average Bonchev–Trinajstić information content (AvgIpc) is 2.31. The van der Waals surface area contributed by atoms with Crippen LogP contribution in [-0.2, 0) is 6.54 Å². The lowest BCUT2D eigenvalue weighted by Crippen LogP contribution is -1.99. The smallest absolute Gasteiger partial charge is 0.134 e. The van der Waals surface area contributed by atoms with Crippen molar-refractivity contribution in [1.82, 2.24) is 0 Å². The third-order valence-electron chi connectivity index (χ3n) is 2.53. The number of halogens is 1. The second kappa shape index (κ2) is 5.11. The molecule has 0 unspecified atom stereocenters. The predicted molar refractivity (Wildman–Crippen MR) is 71.6 cm³/mol. The Labute approximate surface area is 106 Å². The van der Waals surface area contributed by atoms with Crippen LogP contribution in [0.5, 0.6) is 5.75 Å². The monoisotopic (exact) mass is 247 g/mol. The molecule has 0 aliphatic carbocycles. The van der Waals surface area contributed by atoms with Gasteiger partial charge < -0.3 is 10.4 Å². The van der Waals surface area contributed by atoms with Gasteiger partial charge in [0.25, 0.3) is 0 Å². The van der Waals surface area contributed by atoms with Crippen LogP contribution < -0.4 is 5.32 Å². The fraction of sp³-hybridized carbons (Fsp3) is 0.143. The van der Waals surface area contributed by atoms with Crippen molar-refractivity contribution in [1.29, 1.82) is 0 Å². The van der Waals surface area contributed by atoms with Crippen molar-refractivity contribution in [3.63, 3.8) is 0 Å². The number of phenolic OH excluding ortho intramolecular Hbond substituents is 1. The summed E-state index contributed by atoms with van der Waals surface area (Å²) in [4.78, 5) is 0. The van der Waals surface area contributed by atoms with Crippen LogP contribution in [-0.4, -0.2) is 5.11 Å². The molecular weight excluding hydrogens is 234 g/mol. The van der Waals surface area contributed by atoms with E-state index in [2.05, 4.69) is 24.4 Å². The van der Waals surface area contributed by atoms with Gasteiger partial charge in [-0.15, -0.1) is 0 Å². The summed E-state index contributed by atoms with van der Waals surface area (Å²) in [6, 6.07) is 13.4. The van der Waals surface area contributed by atoms with Gasteiger partial charge in [-0.25, -0.2) is 0 Å². The van der Waals surface area contributed by atoms with Crippen LogP contribution in [0, 0.1) is 6.92 Å². The molecule has 2 aromatic rings. The van der Waals surface area contributed by atoms with Crippen LogP contribution in [0.4, 0.5) is 5.69 Å². The number of phenols is 1. The van der Waals surface area contributed by atoms with Gasteiger partial charge in [0, 0.05) is 12.2 Å². The zero-order valence-electron chi connectivity index (χ0n) is 9.57. The standard InChI is InChI=1S/C14H14ClNO/c1-10-3-2-4-12(7-10)16-9-11-5-6-14(17)13(15)8-11/h2-8,16-17H,9H2,1H3. The molecule has 0 aliphatic rings. The van der Waals surface area contributed by atoms with Crippen LogP contribution in [0.25, 0.3) is 0 Å². The van der Waals surface area contributed by atoms with Gasteiger partial charge in [-0.1, -0.05) is 29.8 Å². The molecule has 3 heteroatoms. The van der Waals surface area contributed by atoms with E-state index in [9.17, 15) is 5.11 Å². The number of hydrogen-bond donors (Lipinski definition) is 2. The Balaban J connectivity index is 2.05. The summed E-state index contributed by atoms with van der Waals surface area (Å²) in [5, 5.41) is 13.0. The Morgan fingerprint density at radius 1 is 1.18 bits per heavy atom. The summed E-state index contributed by atoms with van der Waals surface area (Å²) >= 11 is 5.84. The second-order valence-corrected chi connectivity index (χ2v) is 4.42. The van der Waals surface area contributed by atoms with Gasteiger partial charge in [0.1, 0.15) is 5.75 Å². The Hall–Kier alpha value is -1.67. The van der Waals surface area contributed by atoms with E-state index in [0.29, 0.717) is 11.6 Å². The zero-order valence-corrected chi connectivity index (χ0v) is 10.3. The SMILES string of the molecule is Cc1cccc(NCc2ccc(O)c(Cl)c2)c1. The number of nitrogens with one attached hydrogen (secondary N) is 1. The fourth-order valence-corrected chi connectivity index (χ4v) is 1.82. The van der Waals surface area contributed by atoms with E-state index in [1.54, 1.807) is 12.1 Å². The molecule has 0 heterocycles. The van der Waals surface area contributed by atoms with Gasteiger partial charge in [-0.2, -0.15) is 0 Å². The first kappa shape index (κ1) is 11.8. The van der Waals surface area contributed by atoms with E-state index in [1.807, 2.05) is 18.2 Å². The van der Waals surface area contributed by atoms with E-state index in [1.165, 1.54) is 5.56 Å². The van der Waals surface area contributed by atoms with Crippen LogP contribution in [0.15, 0.2) is 42.5 Å². The van der Waals surface area contributed by atoms with Crippen molar-refractivity contribution in [3.8, 4) is 5.75 Å². The molecular formula is C14H14ClNO. The number of aryl methyl sites for hydroxylation is 1. The van der Waals surface area contributed by atoms with Gasteiger partial charge in [0.2, 0.25) is 0 Å². The van der Waals surface area contributed by atoms with Gasteiger partial charge in [0.05, 0.1) is 5.02 Å². The molecule has 0 aromatic heterocycles. The molecule has 0 spiro atoms. The highest BCUT2D eigenvalue weighted by Crippen LogP contribution is 2.24. The molecule has 0 radical (unpaired) electrons. The molecule has 2 nitrogen and oxygen atoms in total. The summed E-state index contributed by atoms with van der Waals surface area (Å²) in [6.07, 6.45) is 0. The highest BCUT2D eigenvalue weighted by atomic mass is 35.5. The maximum Gasteiger partial charge on any atom is 0.134 e. The lowest BCUT2D eigenvalue weighted by atomic mass is 10.2. The Morgan fingerprint density at radius 3 is 2.71 bits per heavy atom. The number of benzene rings is 2. The first-order valence-corrected chi connectivity index (χ1v) is 5.81. The van der Waals surface area contributed by atoms with E-state index in [4.69, 9.17) is 11.6 Å². The summed E-state index contributed by atoms with van der Waals surface area (Å²) < 4.78 is 0. The largest absolute Gasteiger partial charge is 0.506 e. The highest BCUT2D eigenvalue weighted by Gasteiger charge is 2.00. The minimum atomic E-state index is 0.117. The molecule has 0 atom stereocenters. The molecule has 0 aliphatic heterocycles. The van der Waals surface area contributed by atoms with Crippen molar-refractivity contribution in [2.75, 3.05) is 5.32 Å². The predicted octanol–water partition coefficient (Wildman–Crippen LogP) is 3.97. The Kier molecular flexibility index (Phi) is 3.55. The molecule has 17 heavy (non-hydrogen) atoms. The van der Waals surface area contributed by atoms with E-state index < -0.39 is 0 Å². The minimum absolute atomic E-state index is 0.117. The van der Waals surface area contributed by atoms with E-state index in [-0.39, 0.29) is 5.75 Å². The molecule has 0 amide bonds. The number of hydrogen-bond acceptors (Lipinski definition) is 2. The molecule has 0 bridgehead atoms. The summed E-state index contributed by atoms with van der Waals surface area (Å²) in [7, 11) is 0. The number of rotatable bonds is 3. The first-order valence-electron chi connectivity index (χ1n) is 5.43. The maximum absolute atomic E-state index is 9.31. The number of aromatic hydroxyl groups is 1. The maximum atomic E-state index is 9.31. The lowest BCUT2D eigenvalue weighted by Gasteiger charge is -2.08. The highest BCUT2D eigenvalue weighted by molar-refractivity contribution is 6.32. The third-order valence-corrected chi connectivity index (χ3v) is 2.83. The molecule has 88 valence electrons. The molecule has 0 fully saturated rings. The van der Waals surface area contributed by atoms with Crippen molar-refractivity contribution in [3.05, 3.63) is 58.6 Å². The van der Waals surface area contributed by atoms with Crippen LogP contribution in [0.3, 0.4) is 0 Å². The van der Waals surface area contributed by atoms with Crippen molar-refractivity contribution in [2.45, 2.75) is 13.5 Å². The van der Waals surface area contributed by atoms with Gasteiger partial charge in [0.15, 0.2) is 0 Å². The topological polar surface area (TPSA) is 32.3 Å². The number of anilines is 1. The van der Waals surface area contributed by atoms with Crippen molar-refractivity contribution >= 4 is 17.3 Å². The van der Waals surface area contributed by atoms with E-state index >= 15 is 0 Å². The van der Waals surface area contributed by atoms with Gasteiger partial charge in [-0.3, -0.25) is 0 Å². The van der Waals surface area contributed by atoms with Gasteiger partial charge >= 0.3 is 0 Å². The van der Waals surface area contributed by atoms with Crippen LogP contribution in [0.2, 0.25) is 5.02 Å². The average molecular weight is 248 g/mol. The zero-order chi connectivity index (χ0) is 12.3. The van der Waals surface area contributed by atoms with Gasteiger partial charge in [-0.05, 0) is 42.3 Å². The lowest BCUT2D eigenvalue weighted by molar-refractivity contribution is 0.475. The molecule has 2 N–H and O–H groups in total. The van der Waals surface area contributed by atoms with Crippen LogP contribution >= 0.6 is 11.6 Å². The summed E-state index contributed by atoms with van der Waals surface area (Å²) in [6.45, 7) is 2.74. The first-order chi connectivity index (χ1) is 8.15. The van der Waals surface area contributed by atoms with E-state index in [0.717, 1.165) is 11.3 Å². The second-order valence-electron chi connectivity index (χ2n) is 4.01. The van der Waals surface area contributed by atoms with Crippen LogP contribution in [0.1, 0.15) is 11.1 Å². The Bertz CT molecular complexity index is 525. The summed E-state index contributed by atoms with van der Waals surface area (Å²) in [5.74, 6) is 0.117. The van der Waals surface area contributed by atoms with Crippen molar-refractivity contribution in [2.24, 2.45) is 0 Å². The quantitative estimate of drug-likeness (QED) is 0.860. The normalized spacial score (nSPS) is 10.2. The molecule has 2 rings (SSSR count).